The molecule has 0 fully saturated rings. The number of sulfonamides is 1. The number of aryl methyl sites for hydroxylation is 1. The average molecular weight is 465 g/mol. The number of rotatable bonds is 6. The number of methoxy groups -OCH3 is 1. The van der Waals surface area contributed by atoms with Crippen LogP contribution in [0.25, 0.3) is 0 Å². The summed E-state index contributed by atoms with van der Waals surface area (Å²) in [6, 6.07) is 12.2. The summed E-state index contributed by atoms with van der Waals surface area (Å²) in [6.07, 6.45) is 1.69. The van der Waals surface area contributed by atoms with Crippen LogP contribution >= 0.6 is 15.9 Å². The number of hydrogen-bond donors (Lipinski definition) is 2. The van der Waals surface area contributed by atoms with Gasteiger partial charge in [0.25, 0.3) is 15.9 Å². The maximum Gasteiger partial charge on any atom is 0.261 e. The molecular weight excluding hydrogens is 448 g/mol. The lowest BCUT2D eigenvalue weighted by Gasteiger charge is -2.11. The van der Waals surface area contributed by atoms with Crippen molar-refractivity contribution in [3.05, 3.63) is 64.8 Å². The van der Waals surface area contributed by atoms with Gasteiger partial charge in [0.05, 0.1) is 22.2 Å². The number of carbonyl (C=O) groups excluding carboxylic acids is 1. The number of anilines is 2. The molecule has 1 heterocycles. The second kappa shape index (κ2) is 8.03. The van der Waals surface area contributed by atoms with Gasteiger partial charge < -0.3 is 10.1 Å². The summed E-state index contributed by atoms with van der Waals surface area (Å²) in [5.41, 5.74) is 0.556. The van der Waals surface area contributed by atoms with Crippen molar-refractivity contribution in [2.24, 2.45) is 7.05 Å². The first-order valence-electron chi connectivity index (χ1n) is 8.06. The van der Waals surface area contributed by atoms with Crippen LogP contribution in [-0.2, 0) is 17.1 Å². The molecule has 3 aromatic rings. The lowest BCUT2D eigenvalue weighted by molar-refractivity contribution is 0.102. The first kappa shape index (κ1) is 19.9. The first-order valence-corrected chi connectivity index (χ1v) is 10.3. The largest absolute Gasteiger partial charge is 0.496 e. The van der Waals surface area contributed by atoms with Gasteiger partial charge in [0.15, 0.2) is 5.82 Å². The van der Waals surface area contributed by atoms with Crippen molar-refractivity contribution in [2.45, 2.75) is 4.90 Å². The molecule has 0 aliphatic heterocycles. The zero-order valence-corrected chi connectivity index (χ0v) is 17.4. The van der Waals surface area contributed by atoms with Gasteiger partial charge in [-0.3, -0.25) is 14.2 Å². The van der Waals surface area contributed by atoms with Crippen molar-refractivity contribution in [1.29, 1.82) is 0 Å². The summed E-state index contributed by atoms with van der Waals surface area (Å²) in [5.74, 6) is 0.501. The van der Waals surface area contributed by atoms with E-state index in [9.17, 15) is 13.2 Å². The third-order valence-corrected chi connectivity index (χ3v) is 5.76. The number of carbonyl (C=O) groups is 1. The van der Waals surface area contributed by atoms with Crippen LogP contribution in [0.2, 0.25) is 0 Å². The summed E-state index contributed by atoms with van der Waals surface area (Å²) < 4.78 is 35.2. The molecule has 0 bridgehead atoms. The molecule has 0 aliphatic rings. The summed E-state index contributed by atoms with van der Waals surface area (Å²) in [5, 5.41) is 6.69. The van der Waals surface area contributed by atoms with Crippen molar-refractivity contribution in [3.63, 3.8) is 0 Å². The Morgan fingerprint density at radius 3 is 2.61 bits per heavy atom. The topological polar surface area (TPSA) is 102 Å². The smallest absolute Gasteiger partial charge is 0.261 e. The maximum absolute atomic E-state index is 12.7. The molecule has 3 rings (SSSR count). The molecular formula is C18H17BrN4O4S. The van der Waals surface area contributed by atoms with Crippen LogP contribution in [0, 0.1) is 0 Å². The Labute approximate surface area is 170 Å². The van der Waals surface area contributed by atoms with E-state index in [0.717, 1.165) is 0 Å². The molecule has 2 N–H and O–H groups in total. The maximum atomic E-state index is 12.7. The molecule has 0 atom stereocenters. The Morgan fingerprint density at radius 1 is 1.18 bits per heavy atom. The second-order valence-electron chi connectivity index (χ2n) is 5.81. The summed E-state index contributed by atoms with van der Waals surface area (Å²) in [7, 11) is -0.638. The molecule has 2 aromatic carbocycles. The highest BCUT2D eigenvalue weighted by molar-refractivity contribution is 9.10. The summed E-state index contributed by atoms with van der Waals surface area (Å²) in [6.45, 7) is 0. The number of aromatic nitrogens is 2. The van der Waals surface area contributed by atoms with E-state index in [2.05, 4.69) is 31.1 Å². The Kier molecular flexibility index (Phi) is 5.71. The number of nitrogens with zero attached hydrogens (tertiary/aromatic N) is 2. The second-order valence-corrected chi connectivity index (χ2v) is 8.35. The predicted octanol–water partition coefficient (Wildman–Crippen LogP) is 3.24. The minimum atomic E-state index is -3.89. The molecule has 1 aromatic heterocycles. The van der Waals surface area contributed by atoms with E-state index in [1.165, 1.54) is 31.4 Å². The van der Waals surface area contributed by atoms with E-state index < -0.39 is 15.9 Å². The normalized spacial score (nSPS) is 11.1. The lowest BCUT2D eigenvalue weighted by atomic mass is 10.2. The number of ether oxygens (including phenoxy) is 1. The third-order valence-electron chi connectivity index (χ3n) is 3.77. The monoisotopic (exact) mass is 464 g/mol. The number of amides is 1. The van der Waals surface area contributed by atoms with Gasteiger partial charge in [-0.1, -0.05) is 6.07 Å². The van der Waals surface area contributed by atoms with Crippen LogP contribution in [0.1, 0.15) is 10.4 Å². The first-order chi connectivity index (χ1) is 13.3. The molecule has 0 spiro atoms. The Balaban J connectivity index is 1.81. The molecule has 1 amide bonds. The standard InChI is InChI=1S/C18H17BrN4O4S/c1-23-9-8-17(21-23)20-18(24)12-4-3-5-14(10-12)28(25,26)22-13-6-7-16(27-2)15(19)11-13/h3-11,22H,1-2H3,(H,20,21,24). The number of hydrogen-bond acceptors (Lipinski definition) is 5. The fourth-order valence-electron chi connectivity index (χ4n) is 2.42. The van der Waals surface area contributed by atoms with E-state index >= 15 is 0 Å². The Hall–Kier alpha value is -2.85. The van der Waals surface area contributed by atoms with Gasteiger partial charge in [0, 0.05) is 24.9 Å². The highest BCUT2D eigenvalue weighted by atomic mass is 79.9. The highest BCUT2D eigenvalue weighted by Gasteiger charge is 2.17. The van der Waals surface area contributed by atoms with Crippen LogP contribution in [0.5, 0.6) is 5.75 Å². The Morgan fingerprint density at radius 2 is 1.96 bits per heavy atom. The van der Waals surface area contributed by atoms with Crippen LogP contribution in [-0.4, -0.2) is 31.2 Å². The van der Waals surface area contributed by atoms with Crippen molar-refractivity contribution in [2.75, 3.05) is 17.1 Å². The Bertz CT molecular complexity index is 1130. The average Bonchev–Trinajstić information content (AvgIpc) is 3.06. The molecule has 28 heavy (non-hydrogen) atoms. The minimum absolute atomic E-state index is 0.0342. The van der Waals surface area contributed by atoms with Crippen LogP contribution in [0.15, 0.2) is 64.1 Å². The van der Waals surface area contributed by atoms with E-state index in [1.807, 2.05) is 0 Å². The molecule has 10 heteroatoms. The van der Waals surface area contributed by atoms with Crippen molar-refractivity contribution in [3.8, 4) is 5.75 Å². The molecule has 0 radical (unpaired) electrons. The SMILES string of the molecule is COc1ccc(NS(=O)(=O)c2cccc(C(=O)Nc3ccn(C)n3)c2)cc1Br. The lowest BCUT2D eigenvalue weighted by Crippen LogP contribution is -2.16. The van der Waals surface area contributed by atoms with Gasteiger partial charge in [-0.2, -0.15) is 5.10 Å². The van der Waals surface area contributed by atoms with Crippen LogP contribution in [0.4, 0.5) is 11.5 Å². The van der Waals surface area contributed by atoms with Crippen molar-refractivity contribution < 1.29 is 17.9 Å². The van der Waals surface area contributed by atoms with Crippen LogP contribution in [0.3, 0.4) is 0 Å². The molecule has 0 aliphatic carbocycles. The van der Waals surface area contributed by atoms with Crippen LogP contribution < -0.4 is 14.8 Å². The van der Waals surface area contributed by atoms with Gasteiger partial charge in [-0.25, -0.2) is 8.42 Å². The molecule has 0 saturated carbocycles. The number of nitrogens with one attached hydrogen (secondary N) is 2. The molecule has 0 saturated heterocycles. The van der Waals surface area contributed by atoms with E-state index in [0.29, 0.717) is 21.7 Å². The zero-order chi connectivity index (χ0) is 20.3. The van der Waals surface area contributed by atoms with E-state index in [1.54, 1.807) is 42.2 Å². The quantitative estimate of drug-likeness (QED) is 0.582. The van der Waals surface area contributed by atoms with E-state index in [-0.39, 0.29) is 10.5 Å². The molecule has 8 nitrogen and oxygen atoms in total. The molecule has 146 valence electrons. The van der Waals surface area contributed by atoms with E-state index in [4.69, 9.17) is 4.74 Å². The zero-order valence-electron chi connectivity index (χ0n) is 15.0. The number of benzene rings is 2. The number of halogens is 1. The van der Waals surface area contributed by atoms with Gasteiger partial charge >= 0.3 is 0 Å². The fourth-order valence-corrected chi connectivity index (χ4v) is 4.05. The predicted molar refractivity (Wildman–Crippen MR) is 109 cm³/mol. The minimum Gasteiger partial charge on any atom is -0.496 e. The summed E-state index contributed by atoms with van der Waals surface area (Å²) in [4.78, 5) is 12.3. The highest BCUT2D eigenvalue weighted by Crippen LogP contribution is 2.29. The van der Waals surface area contributed by atoms with Gasteiger partial charge in [0.1, 0.15) is 5.75 Å². The van der Waals surface area contributed by atoms with Crippen molar-refractivity contribution in [1.82, 2.24) is 9.78 Å². The van der Waals surface area contributed by atoms with Gasteiger partial charge in [-0.05, 0) is 52.3 Å². The fraction of sp³-hybridized carbons (Fsp3) is 0.111. The van der Waals surface area contributed by atoms with Crippen molar-refractivity contribution >= 4 is 43.4 Å². The summed E-state index contributed by atoms with van der Waals surface area (Å²) >= 11 is 3.31. The van der Waals surface area contributed by atoms with Gasteiger partial charge in [-0.15, -0.1) is 0 Å². The van der Waals surface area contributed by atoms with Gasteiger partial charge in [0.2, 0.25) is 0 Å². The third kappa shape index (κ3) is 4.52. The molecule has 0 unspecified atom stereocenters.